The van der Waals surface area contributed by atoms with Gasteiger partial charge in [-0.05, 0) is 17.7 Å². The van der Waals surface area contributed by atoms with Gasteiger partial charge in [0.05, 0.1) is 17.4 Å². The molecule has 1 N–H and O–H groups in total. The van der Waals surface area contributed by atoms with Crippen LogP contribution in [0.2, 0.25) is 0 Å². The molecule has 0 atom stereocenters. The molecule has 0 bridgehead atoms. The number of nitriles is 1. The van der Waals surface area contributed by atoms with E-state index in [0.29, 0.717) is 0 Å². The van der Waals surface area contributed by atoms with Crippen LogP contribution in [0.15, 0.2) is 41.4 Å². The van der Waals surface area contributed by atoms with Gasteiger partial charge in [-0.1, -0.05) is 12.1 Å². The number of rotatable bonds is 4. The zero-order valence-corrected chi connectivity index (χ0v) is 11.1. The molecule has 1 heterocycles. The molecule has 0 aliphatic carbocycles. The summed E-state index contributed by atoms with van der Waals surface area (Å²) in [5.74, 6) is 0.267. The first-order valence-electron chi connectivity index (χ1n) is 5.49. The number of hydrogen-bond donors (Lipinski definition) is 1. The first kappa shape index (κ1) is 13.1. The van der Waals surface area contributed by atoms with Crippen LogP contribution in [0, 0.1) is 11.3 Å². The van der Waals surface area contributed by atoms with E-state index < -0.39 is 10.0 Å². The van der Waals surface area contributed by atoms with Gasteiger partial charge in [-0.2, -0.15) is 10.4 Å². The van der Waals surface area contributed by atoms with Crippen LogP contribution in [0.5, 0.6) is 0 Å². The molecule has 0 fully saturated rings. The van der Waals surface area contributed by atoms with E-state index in [2.05, 4.69) is 9.82 Å². The molecule has 98 valence electrons. The third-order valence-corrected chi connectivity index (χ3v) is 3.84. The Morgan fingerprint density at radius 1 is 1.32 bits per heavy atom. The van der Waals surface area contributed by atoms with Gasteiger partial charge in [-0.3, -0.25) is 9.40 Å². The van der Waals surface area contributed by atoms with Crippen LogP contribution < -0.4 is 4.72 Å². The second-order valence-electron chi connectivity index (χ2n) is 3.96. The Bertz CT molecular complexity index is 711. The van der Waals surface area contributed by atoms with Gasteiger partial charge >= 0.3 is 0 Å². The van der Waals surface area contributed by atoms with E-state index in [-0.39, 0.29) is 17.1 Å². The van der Waals surface area contributed by atoms with Gasteiger partial charge in [0.15, 0.2) is 5.82 Å². The van der Waals surface area contributed by atoms with E-state index in [9.17, 15) is 8.42 Å². The van der Waals surface area contributed by atoms with Gasteiger partial charge in [0.1, 0.15) is 0 Å². The minimum absolute atomic E-state index is 0.139. The van der Waals surface area contributed by atoms with E-state index in [1.807, 2.05) is 6.07 Å². The molecule has 0 aliphatic heterocycles. The van der Waals surface area contributed by atoms with Crippen LogP contribution in [0.1, 0.15) is 5.56 Å². The van der Waals surface area contributed by atoms with Crippen LogP contribution in [0.4, 0.5) is 5.82 Å². The molecule has 0 saturated heterocycles. The van der Waals surface area contributed by atoms with Gasteiger partial charge in [0.25, 0.3) is 10.0 Å². The Hall–Kier alpha value is -2.33. The predicted octanol–water partition coefficient (Wildman–Crippen LogP) is 1.29. The van der Waals surface area contributed by atoms with Crippen molar-refractivity contribution in [2.45, 2.75) is 11.3 Å². The number of anilines is 1. The molecule has 1 aromatic carbocycles. The monoisotopic (exact) mass is 276 g/mol. The zero-order valence-electron chi connectivity index (χ0n) is 10.2. The quantitative estimate of drug-likeness (QED) is 0.911. The van der Waals surface area contributed by atoms with E-state index in [0.717, 1.165) is 5.56 Å². The summed E-state index contributed by atoms with van der Waals surface area (Å²) in [7, 11) is -1.94. The van der Waals surface area contributed by atoms with Gasteiger partial charge in [-0.15, -0.1) is 0 Å². The third kappa shape index (κ3) is 3.11. The highest BCUT2D eigenvalue weighted by atomic mass is 32.2. The van der Waals surface area contributed by atoms with E-state index >= 15 is 0 Å². The number of sulfonamides is 1. The molecule has 6 nitrogen and oxygen atoms in total. The maximum Gasteiger partial charge on any atom is 0.263 e. The van der Waals surface area contributed by atoms with Crippen LogP contribution in [-0.4, -0.2) is 18.2 Å². The first-order chi connectivity index (χ1) is 9.01. The van der Waals surface area contributed by atoms with Crippen molar-refractivity contribution in [2.24, 2.45) is 7.05 Å². The van der Waals surface area contributed by atoms with Crippen molar-refractivity contribution < 1.29 is 8.42 Å². The largest absolute Gasteiger partial charge is 0.274 e. The van der Waals surface area contributed by atoms with Gasteiger partial charge in [0.2, 0.25) is 0 Å². The second-order valence-corrected chi connectivity index (χ2v) is 5.64. The molecule has 7 heteroatoms. The van der Waals surface area contributed by atoms with Crippen LogP contribution in [-0.2, 0) is 23.5 Å². The lowest BCUT2D eigenvalue weighted by Crippen LogP contribution is -2.13. The average Bonchev–Trinajstić information content (AvgIpc) is 2.75. The van der Waals surface area contributed by atoms with Crippen molar-refractivity contribution in [3.8, 4) is 6.07 Å². The molecule has 0 radical (unpaired) electrons. The summed E-state index contributed by atoms with van der Waals surface area (Å²) < 4.78 is 28.0. The average molecular weight is 276 g/mol. The first-order valence-corrected chi connectivity index (χ1v) is 6.98. The van der Waals surface area contributed by atoms with Crippen LogP contribution in [0.3, 0.4) is 0 Å². The molecule has 2 aromatic rings. The van der Waals surface area contributed by atoms with Crippen molar-refractivity contribution in [3.63, 3.8) is 0 Å². The Labute approximate surface area is 111 Å². The maximum absolute atomic E-state index is 12.1. The molecule has 0 amide bonds. The lowest BCUT2D eigenvalue weighted by Gasteiger charge is -2.05. The molecule has 0 saturated carbocycles. The predicted molar refractivity (Wildman–Crippen MR) is 69.8 cm³/mol. The van der Waals surface area contributed by atoms with Crippen LogP contribution in [0.25, 0.3) is 0 Å². The molecule has 0 unspecified atom stereocenters. The summed E-state index contributed by atoms with van der Waals surface area (Å²) >= 11 is 0. The molecule has 2 rings (SSSR count). The highest BCUT2D eigenvalue weighted by molar-refractivity contribution is 7.92. The normalized spacial score (nSPS) is 10.9. The van der Waals surface area contributed by atoms with E-state index in [1.54, 1.807) is 31.4 Å². The number of nitrogens with zero attached hydrogens (tertiary/aromatic N) is 3. The topological polar surface area (TPSA) is 87.8 Å². The maximum atomic E-state index is 12.1. The SMILES string of the molecule is Cn1ccc(NS(=O)(=O)c2ccc(CC#N)cc2)n1. The van der Waals surface area contributed by atoms with Gasteiger partial charge in [-0.25, -0.2) is 8.42 Å². The molecule has 19 heavy (non-hydrogen) atoms. The Balaban J connectivity index is 2.22. The summed E-state index contributed by atoms with van der Waals surface area (Å²) in [6.07, 6.45) is 1.90. The fourth-order valence-electron chi connectivity index (χ4n) is 1.54. The molecular weight excluding hydrogens is 264 g/mol. The highest BCUT2D eigenvalue weighted by Crippen LogP contribution is 2.15. The Morgan fingerprint density at radius 3 is 2.53 bits per heavy atom. The minimum atomic E-state index is -3.64. The van der Waals surface area contributed by atoms with Gasteiger partial charge in [0, 0.05) is 19.3 Å². The van der Waals surface area contributed by atoms with Crippen molar-refractivity contribution in [1.29, 1.82) is 5.26 Å². The number of nitrogens with one attached hydrogen (secondary N) is 1. The zero-order chi connectivity index (χ0) is 13.9. The van der Waals surface area contributed by atoms with Crippen LogP contribution >= 0.6 is 0 Å². The Kier molecular flexibility index (Phi) is 3.53. The van der Waals surface area contributed by atoms with E-state index in [4.69, 9.17) is 5.26 Å². The minimum Gasteiger partial charge on any atom is -0.274 e. The lowest BCUT2D eigenvalue weighted by molar-refractivity contribution is 0.601. The highest BCUT2D eigenvalue weighted by Gasteiger charge is 2.15. The molecular formula is C12H12N4O2S. The number of aryl methyl sites for hydroxylation is 1. The number of hydrogen-bond acceptors (Lipinski definition) is 4. The van der Waals surface area contributed by atoms with Crippen molar-refractivity contribution >= 4 is 15.8 Å². The fraction of sp³-hybridized carbons (Fsp3) is 0.167. The van der Waals surface area contributed by atoms with E-state index in [1.165, 1.54) is 16.8 Å². The van der Waals surface area contributed by atoms with Gasteiger partial charge < -0.3 is 0 Å². The number of benzene rings is 1. The summed E-state index contributed by atoms with van der Waals surface area (Å²) in [4.78, 5) is 0.139. The van der Waals surface area contributed by atoms with Crippen molar-refractivity contribution in [1.82, 2.24) is 9.78 Å². The summed E-state index contributed by atoms with van der Waals surface area (Å²) in [5, 5.41) is 12.5. The number of aromatic nitrogens is 2. The fourth-order valence-corrected chi connectivity index (χ4v) is 2.54. The summed E-state index contributed by atoms with van der Waals surface area (Å²) in [6, 6.07) is 9.76. The molecule has 0 aliphatic rings. The smallest absolute Gasteiger partial charge is 0.263 e. The van der Waals surface area contributed by atoms with Crippen molar-refractivity contribution in [3.05, 3.63) is 42.1 Å². The summed E-state index contributed by atoms with van der Waals surface area (Å²) in [5.41, 5.74) is 0.777. The standard InChI is InChI=1S/C12H12N4O2S/c1-16-9-7-12(14-16)15-19(17,18)11-4-2-10(3-5-11)6-8-13/h2-5,7,9H,6H2,1H3,(H,14,15). The van der Waals surface area contributed by atoms with Crippen molar-refractivity contribution in [2.75, 3.05) is 4.72 Å². The molecule has 0 spiro atoms. The Morgan fingerprint density at radius 2 is 2.00 bits per heavy atom. The second kappa shape index (κ2) is 5.12. The lowest BCUT2D eigenvalue weighted by atomic mass is 10.2. The molecule has 1 aromatic heterocycles. The summed E-state index contributed by atoms with van der Waals surface area (Å²) in [6.45, 7) is 0. The third-order valence-electron chi connectivity index (χ3n) is 2.47.